The number of hydrogen-bond donors (Lipinski definition) is 3. The number of carbonyl (C=O) groups excluding carboxylic acids is 3. The summed E-state index contributed by atoms with van der Waals surface area (Å²) in [7, 11) is 0. The van der Waals surface area contributed by atoms with Crippen LogP contribution in [0, 0.1) is 6.92 Å². The minimum absolute atomic E-state index is 0.0934. The lowest BCUT2D eigenvalue weighted by Gasteiger charge is -2.05. The predicted octanol–water partition coefficient (Wildman–Crippen LogP) is 4.05. The molecule has 3 aromatic heterocycles. The molecule has 1 aliphatic rings. The minimum atomic E-state index is -0.737. The number of amides is 2. The number of fused-ring (bicyclic) bond motifs is 2. The molecule has 0 saturated heterocycles. The van der Waals surface area contributed by atoms with E-state index in [1.807, 2.05) is 0 Å². The molecular weight excluding hydrogens is 448 g/mol. The van der Waals surface area contributed by atoms with Crippen molar-refractivity contribution in [3.8, 4) is 0 Å². The summed E-state index contributed by atoms with van der Waals surface area (Å²) in [6.07, 6.45) is 5.30. The number of carbonyl (C=O) groups is 3. The van der Waals surface area contributed by atoms with Crippen LogP contribution in [0.5, 0.6) is 0 Å². The zero-order chi connectivity index (χ0) is 23.0. The highest BCUT2D eigenvalue weighted by Gasteiger charge is 2.27. The molecule has 3 aromatic rings. The molecule has 0 radical (unpaired) electrons. The average Bonchev–Trinajstić information content (AvgIpc) is 3.13. The maximum atomic E-state index is 13.1. The van der Waals surface area contributed by atoms with Gasteiger partial charge in [0.2, 0.25) is 0 Å². The van der Waals surface area contributed by atoms with E-state index in [0.29, 0.717) is 16.1 Å². The second kappa shape index (κ2) is 8.87. The summed E-state index contributed by atoms with van der Waals surface area (Å²) in [5.74, 6) is -1.77. The van der Waals surface area contributed by atoms with E-state index in [0.717, 1.165) is 52.9 Å². The van der Waals surface area contributed by atoms with Gasteiger partial charge in [0.05, 0.1) is 17.9 Å². The number of nitrogens with one attached hydrogen (secondary N) is 1. The number of esters is 1. The Morgan fingerprint density at radius 1 is 1.16 bits per heavy atom. The summed E-state index contributed by atoms with van der Waals surface area (Å²) >= 11 is 2.18. The lowest BCUT2D eigenvalue weighted by Crippen LogP contribution is -2.17. The summed E-state index contributed by atoms with van der Waals surface area (Å²) in [4.78, 5) is 43.4. The van der Waals surface area contributed by atoms with Crippen molar-refractivity contribution >= 4 is 61.4 Å². The van der Waals surface area contributed by atoms with Crippen LogP contribution in [0.1, 0.15) is 72.7 Å². The van der Waals surface area contributed by atoms with Gasteiger partial charge in [0.1, 0.15) is 19.6 Å². The van der Waals surface area contributed by atoms with E-state index in [-0.39, 0.29) is 22.0 Å². The minimum Gasteiger partial charge on any atom is -0.462 e. The lowest BCUT2D eigenvalue weighted by atomic mass is 10.1. The Bertz CT molecular complexity index is 1240. The number of primary amides is 1. The standard InChI is InChI=1S/C22H24N4O4S2/c1-3-30-22(29)16-10(2)14(18(24)27)21(31-16)26-19(28)17-15(23)12-9-11-7-5-4-6-8-13(11)25-20(12)32-17/h9H,3-8,23H2,1-2H3,(H2,24,27)(H,26,28). The normalized spacial score (nSPS) is 13.4. The van der Waals surface area contributed by atoms with Crippen LogP contribution in [-0.2, 0) is 17.6 Å². The van der Waals surface area contributed by atoms with Gasteiger partial charge in [-0.1, -0.05) is 6.42 Å². The zero-order valence-electron chi connectivity index (χ0n) is 17.9. The second-order valence-electron chi connectivity index (χ2n) is 7.65. The van der Waals surface area contributed by atoms with Crippen molar-refractivity contribution in [3.63, 3.8) is 0 Å². The first-order valence-corrected chi connectivity index (χ1v) is 12.1. The molecule has 8 nitrogen and oxygen atoms in total. The molecule has 0 spiro atoms. The van der Waals surface area contributed by atoms with Gasteiger partial charge in [-0.15, -0.1) is 22.7 Å². The van der Waals surface area contributed by atoms with Gasteiger partial charge >= 0.3 is 5.97 Å². The molecule has 0 atom stereocenters. The largest absolute Gasteiger partial charge is 0.462 e. The number of nitrogens with two attached hydrogens (primary N) is 2. The smallest absolute Gasteiger partial charge is 0.348 e. The molecule has 10 heteroatoms. The molecule has 0 aliphatic heterocycles. The average molecular weight is 473 g/mol. The van der Waals surface area contributed by atoms with E-state index >= 15 is 0 Å². The molecule has 5 N–H and O–H groups in total. The van der Waals surface area contributed by atoms with Crippen LogP contribution >= 0.6 is 22.7 Å². The Morgan fingerprint density at radius 2 is 1.91 bits per heavy atom. The van der Waals surface area contributed by atoms with E-state index in [4.69, 9.17) is 21.2 Å². The molecule has 0 aromatic carbocycles. The maximum Gasteiger partial charge on any atom is 0.348 e. The van der Waals surface area contributed by atoms with Gasteiger partial charge in [-0.2, -0.15) is 0 Å². The van der Waals surface area contributed by atoms with Gasteiger partial charge in [0.15, 0.2) is 0 Å². The molecule has 0 saturated carbocycles. The van der Waals surface area contributed by atoms with Gasteiger partial charge in [-0.05, 0) is 56.7 Å². The molecule has 168 valence electrons. The van der Waals surface area contributed by atoms with Crippen molar-refractivity contribution in [2.45, 2.75) is 46.0 Å². The lowest BCUT2D eigenvalue weighted by molar-refractivity contribution is 0.0531. The fourth-order valence-corrected chi connectivity index (χ4v) is 6.05. The summed E-state index contributed by atoms with van der Waals surface area (Å²) in [5.41, 5.74) is 15.0. The maximum absolute atomic E-state index is 13.1. The van der Waals surface area contributed by atoms with Crippen molar-refractivity contribution in [3.05, 3.63) is 38.2 Å². The third-order valence-electron chi connectivity index (χ3n) is 5.54. The van der Waals surface area contributed by atoms with Gasteiger partial charge in [-0.3, -0.25) is 9.59 Å². The number of aromatic nitrogens is 1. The van der Waals surface area contributed by atoms with Gasteiger partial charge in [0, 0.05) is 11.1 Å². The molecule has 0 unspecified atom stereocenters. The van der Waals surface area contributed by atoms with Crippen LogP contribution in [0.3, 0.4) is 0 Å². The van der Waals surface area contributed by atoms with Crippen molar-refractivity contribution in [2.75, 3.05) is 17.7 Å². The number of nitrogens with zero attached hydrogens (tertiary/aromatic N) is 1. The fourth-order valence-electron chi connectivity index (χ4n) is 3.95. The van der Waals surface area contributed by atoms with Gasteiger partial charge in [-0.25, -0.2) is 9.78 Å². The van der Waals surface area contributed by atoms with Crippen LogP contribution in [0.2, 0.25) is 0 Å². The highest BCUT2D eigenvalue weighted by atomic mass is 32.1. The third-order valence-corrected chi connectivity index (χ3v) is 7.84. The summed E-state index contributed by atoms with van der Waals surface area (Å²) in [6.45, 7) is 3.48. The van der Waals surface area contributed by atoms with Crippen molar-refractivity contribution in [1.29, 1.82) is 0 Å². The third kappa shape index (κ3) is 3.95. The van der Waals surface area contributed by atoms with Gasteiger partial charge in [0.25, 0.3) is 11.8 Å². The Morgan fingerprint density at radius 3 is 2.62 bits per heavy atom. The van der Waals surface area contributed by atoms with Crippen LogP contribution in [0.4, 0.5) is 10.7 Å². The number of ether oxygens (including phenoxy) is 1. The number of nitrogen functional groups attached to an aromatic ring is 1. The number of thiophene rings is 2. The quantitative estimate of drug-likeness (QED) is 0.378. The molecular formula is C22H24N4O4S2. The molecule has 4 rings (SSSR count). The van der Waals surface area contributed by atoms with E-state index in [9.17, 15) is 14.4 Å². The van der Waals surface area contributed by atoms with Gasteiger partial charge < -0.3 is 21.5 Å². The zero-order valence-corrected chi connectivity index (χ0v) is 19.5. The Hall–Kier alpha value is -2.98. The first kappa shape index (κ1) is 22.2. The molecule has 2 amide bonds. The predicted molar refractivity (Wildman–Crippen MR) is 127 cm³/mol. The highest BCUT2D eigenvalue weighted by Crippen LogP contribution is 2.38. The van der Waals surface area contributed by atoms with Crippen molar-refractivity contribution in [2.24, 2.45) is 5.73 Å². The molecule has 32 heavy (non-hydrogen) atoms. The Balaban J connectivity index is 1.70. The number of anilines is 2. The molecule has 3 heterocycles. The van der Waals surface area contributed by atoms with E-state index in [2.05, 4.69) is 11.4 Å². The Kier molecular flexibility index (Phi) is 6.16. The first-order valence-electron chi connectivity index (χ1n) is 10.4. The molecule has 0 bridgehead atoms. The summed E-state index contributed by atoms with van der Waals surface area (Å²) < 4.78 is 5.04. The van der Waals surface area contributed by atoms with Crippen molar-refractivity contribution < 1.29 is 19.1 Å². The fraction of sp³-hybridized carbons (Fsp3) is 0.364. The van der Waals surface area contributed by atoms with Crippen LogP contribution < -0.4 is 16.8 Å². The SMILES string of the molecule is CCOC(=O)c1sc(NC(=O)c2sc3nc4c(cc3c2N)CCCCC4)c(C(N)=O)c1C. The number of rotatable bonds is 5. The second-order valence-corrected chi connectivity index (χ2v) is 9.67. The van der Waals surface area contributed by atoms with Crippen LogP contribution in [0.25, 0.3) is 10.2 Å². The Labute approximate surface area is 193 Å². The number of aryl methyl sites for hydroxylation is 2. The summed E-state index contributed by atoms with van der Waals surface area (Å²) in [6, 6.07) is 2.05. The van der Waals surface area contributed by atoms with Crippen molar-refractivity contribution in [1.82, 2.24) is 4.98 Å². The van der Waals surface area contributed by atoms with E-state index in [1.165, 1.54) is 23.3 Å². The summed E-state index contributed by atoms with van der Waals surface area (Å²) in [5, 5.41) is 3.69. The first-order chi connectivity index (χ1) is 15.3. The molecule has 0 fully saturated rings. The van der Waals surface area contributed by atoms with Crippen LogP contribution in [0.15, 0.2) is 6.07 Å². The molecule has 1 aliphatic carbocycles. The van der Waals surface area contributed by atoms with E-state index in [1.54, 1.807) is 13.8 Å². The number of hydrogen-bond acceptors (Lipinski definition) is 8. The van der Waals surface area contributed by atoms with E-state index < -0.39 is 17.8 Å². The number of pyridine rings is 1. The highest BCUT2D eigenvalue weighted by molar-refractivity contribution is 7.21. The topological polar surface area (TPSA) is 137 Å². The van der Waals surface area contributed by atoms with Crippen LogP contribution in [-0.4, -0.2) is 29.4 Å². The monoisotopic (exact) mass is 472 g/mol.